The lowest BCUT2D eigenvalue weighted by Crippen LogP contribution is -2.05. The van der Waals surface area contributed by atoms with Gasteiger partial charge in [-0.2, -0.15) is 0 Å². The lowest BCUT2D eigenvalue weighted by molar-refractivity contribution is -0.385. The number of hydrogen-bond donors (Lipinski definition) is 1. The average molecular weight is 401 g/mol. The zero-order valence-corrected chi connectivity index (χ0v) is 13.5. The van der Waals surface area contributed by atoms with Crippen LogP contribution in [0.4, 0.5) is 5.69 Å². The number of aliphatic hydroxyl groups is 1. The van der Waals surface area contributed by atoms with Gasteiger partial charge in [-0.3, -0.25) is 10.1 Å². The molecule has 0 aliphatic rings. The number of para-hydroxylation sites is 1. The highest BCUT2D eigenvalue weighted by Gasteiger charge is 2.18. The van der Waals surface area contributed by atoms with Crippen LogP contribution in [-0.2, 0) is 6.42 Å². The van der Waals surface area contributed by atoms with Crippen molar-refractivity contribution in [1.29, 1.82) is 0 Å². The van der Waals surface area contributed by atoms with Gasteiger partial charge in [0.1, 0.15) is 0 Å². The molecule has 2 aromatic carbocycles. The van der Waals surface area contributed by atoms with Gasteiger partial charge in [0.05, 0.1) is 11.0 Å². The fraction of sp³-hybridized carbons (Fsp3) is 0.143. The van der Waals surface area contributed by atoms with Gasteiger partial charge in [-0.05, 0) is 23.8 Å². The standard InChI is InChI=1S/C14H11Br2NO3/c15-10-5-6-12(16)11(8-10)14(18)7-9-3-1-2-4-13(9)17(19)20/h1-6,8,14,18H,7H2. The molecule has 0 fully saturated rings. The topological polar surface area (TPSA) is 63.4 Å². The van der Waals surface area contributed by atoms with Crippen molar-refractivity contribution in [3.63, 3.8) is 0 Å². The van der Waals surface area contributed by atoms with Crippen molar-refractivity contribution in [2.45, 2.75) is 12.5 Å². The lowest BCUT2D eigenvalue weighted by Gasteiger charge is -2.13. The molecule has 0 aromatic heterocycles. The summed E-state index contributed by atoms with van der Waals surface area (Å²) in [4.78, 5) is 10.5. The molecule has 0 saturated carbocycles. The number of nitro groups is 1. The fourth-order valence-corrected chi connectivity index (χ4v) is 2.84. The Morgan fingerprint density at radius 1 is 1.20 bits per heavy atom. The first-order chi connectivity index (χ1) is 9.49. The van der Waals surface area contributed by atoms with E-state index in [-0.39, 0.29) is 12.1 Å². The largest absolute Gasteiger partial charge is 0.388 e. The minimum Gasteiger partial charge on any atom is -0.388 e. The molecule has 20 heavy (non-hydrogen) atoms. The van der Waals surface area contributed by atoms with Crippen molar-refractivity contribution in [1.82, 2.24) is 0 Å². The summed E-state index contributed by atoms with van der Waals surface area (Å²) < 4.78 is 1.61. The maximum Gasteiger partial charge on any atom is 0.272 e. The second-order valence-corrected chi connectivity index (χ2v) is 6.04. The van der Waals surface area contributed by atoms with E-state index in [0.29, 0.717) is 11.1 Å². The summed E-state index contributed by atoms with van der Waals surface area (Å²) >= 11 is 6.72. The van der Waals surface area contributed by atoms with Crippen molar-refractivity contribution in [3.05, 3.63) is 72.7 Å². The first-order valence-corrected chi connectivity index (χ1v) is 7.43. The summed E-state index contributed by atoms with van der Waals surface area (Å²) in [5.41, 5.74) is 1.23. The number of nitrogens with zero attached hydrogens (tertiary/aromatic N) is 1. The molecule has 1 atom stereocenters. The van der Waals surface area contributed by atoms with E-state index in [1.54, 1.807) is 24.3 Å². The van der Waals surface area contributed by atoms with Crippen LogP contribution in [0.15, 0.2) is 51.4 Å². The van der Waals surface area contributed by atoms with Crippen LogP contribution in [-0.4, -0.2) is 10.0 Å². The number of nitro benzene ring substituents is 1. The molecule has 0 saturated heterocycles. The molecule has 104 valence electrons. The maximum atomic E-state index is 11.0. The summed E-state index contributed by atoms with van der Waals surface area (Å²) in [5, 5.41) is 21.3. The zero-order chi connectivity index (χ0) is 14.7. The predicted octanol–water partition coefficient (Wildman–Crippen LogP) is 4.40. The van der Waals surface area contributed by atoms with E-state index in [4.69, 9.17) is 0 Å². The minimum absolute atomic E-state index is 0.0256. The molecule has 6 heteroatoms. The van der Waals surface area contributed by atoms with Gasteiger partial charge >= 0.3 is 0 Å². The predicted molar refractivity (Wildman–Crippen MR) is 83.6 cm³/mol. The third-order valence-corrected chi connectivity index (χ3v) is 4.13. The van der Waals surface area contributed by atoms with Crippen LogP contribution >= 0.6 is 31.9 Å². The number of hydrogen-bond acceptors (Lipinski definition) is 3. The van der Waals surface area contributed by atoms with Gasteiger partial charge in [0, 0.05) is 27.0 Å². The Labute approximate surface area is 132 Å². The summed E-state index contributed by atoms with van der Waals surface area (Å²) in [6.07, 6.45) is -0.630. The van der Waals surface area contributed by atoms with Gasteiger partial charge in [-0.15, -0.1) is 0 Å². The normalized spacial score (nSPS) is 12.2. The zero-order valence-electron chi connectivity index (χ0n) is 10.3. The molecule has 0 radical (unpaired) electrons. The fourth-order valence-electron chi connectivity index (χ4n) is 1.95. The van der Waals surface area contributed by atoms with E-state index in [2.05, 4.69) is 31.9 Å². The molecule has 0 bridgehead atoms. The van der Waals surface area contributed by atoms with E-state index < -0.39 is 11.0 Å². The summed E-state index contributed by atoms with van der Waals surface area (Å²) in [7, 11) is 0. The molecule has 2 rings (SSSR count). The molecule has 2 aromatic rings. The Bertz CT molecular complexity index is 646. The second kappa shape index (κ2) is 6.47. The van der Waals surface area contributed by atoms with Gasteiger partial charge in [-0.1, -0.05) is 50.1 Å². The molecular weight excluding hydrogens is 390 g/mol. The van der Waals surface area contributed by atoms with Crippen LogP contribution in [0.2, 0.25) is 0 Å². The third kappa shape index (κ3) is 3.45. The Balaban J connectivity index is 2.30. The molecule has 0 aliphatic heterocycles. The van der Waals surface area contributed by atoms with Crippen molar-refractivity contribution >= 4 is 37.5 Å². The maximum absolute atomic E-state index is 11.0. The Hall–Kier alpha value is -1.24. The molecule has 1 N–H and O–H groups in total. The van der Waals surface area contributed by atoms with E-state index in [0.717, 1.165) is 8.95 Å². The van der Waals surface area contributed by atoms with Crippen molar-refractivity contribution < 1.29 is 10.0 Å². The van der Waals surface area contributed by atoms with Gasteiger partial charge in [0.2, 0.25) is 0 Å². The Kier molecular flexibility index (Phi) is 4.91. The molecule has 0 heterocycles. The average Bonchev–Trinajstić information content (AvgIpc) is 2.41. The van der Waals surface area contributed by atoms with Crippen LogP contribution in [0.5, 0.6) is 0 Å². The molecule has 0 aliphatic carbocycles. The van der Waals surface area contributed by atoms with Crippen LogP contribution in [0.1, 0.15) is 17.2 Å². The molecule has 1 unspecified atom stereocenters. The van der Waals surface area contributed by atoms with Crippen LogP contribution in [0.25, 0.3) is 0 Å². The Morgan fingerprint density at radius 3 is 2.60 bits per heavy atom. The third-order valence-electron chi connectivity index (χ3n) is 2.92. The van der Waals surface area contributed by atoms with Gasteiger partial charge in [0.25, 0.3) is 5.69 Å². The molecule has 4 nitrogen and oxygen atoms in total. The van der Waals surface area contributed by atoms with Gasteiger partial charge in [-0.25, -0.2) is 0 Å². The number of halogens is 2. The molecule has 0 amide bonds. The summed E-state index contributed by atoms with van der Waals surface area (Å²) in [6, 6.07) is 11.9. The number of rotatable bonds is 4. The van der Waals surface area contributed by atoms with Crippen LogP contribution in [0, 0.1) is 10.1 Å². The lowest BCUT2D eigenvalue weighted by atomic mass is 10.0. The van der Waals surface area contributed by atoms with Crippen molar-refractivity contribution in [2.24, 2.45) is 0 Å². The highest BCUT2D eigenvalue weighted by Crippen LogP contribution is 2.31. The highest BCUT2D eigenvalue weighted by atomic mass is 79.9. The molecule has 0 spiro atoms. The summed E-state index contributed by atoms with van der Waals surface area (Å²) in [6.45, 7) is 0. The minimum atomic E-state index is -0.817. The van der Waals surface area contributed by atoms with E-state index in [1.807, 2.05) is 12.1 Å². The van der Waals surface area contributed by atoms with Crippen molar-refractivity contribution in [2.75, 3.05) is 0 Å². The highest BCUT2D eigenvalue weighted by molar-refractivity contribution is 9.11. The monoisotopic (exact) mass is 399 g/mol. The first kappa shape index (κ1) is 15.2. The molecular formula is C14H11Br2NO3. The van der Waals surface area contributed by atoms with Crippen molar-refractivity contribution in [3.8, 4) is 0 Å². The first-order valence-electron chi connectivity index (χ1n) is 5.84. The second-order valence-electron chi connectivity index (χ2n) is 4.27. The summed E-state index contributed by atoms with van der Waals surface area (Å²) in [5.74, 6) is 0. The Morgan fingerprint density at radius 2 is 1.90 bits per heavy atom. The van der Waals surface area contributed by atoms with Crippen LogP contribution in [0.3, 0.4) is 0 Å². The van der Waals surface area contributed by atoms with E-state index >= 15 is 0 Å². The SMILES string of the molecule is O=[N+]([O-])c1ccccc1CC(O)c1cc(Br)ccc1Br. The van der Waals surface area contributed by atoms with Crippen LogP contribution < -0.4 is 0 Å². The number of benzene rings is 2. The smallest absolute Gasteiger partial charge is 0.272 e. The van der Waals surface area contributed by atoms with E-state index in [9.17, 15) is 15.2 Å². The van der Waals surface area contributed by atoms with E-state index in [1.165, 1.54) is 6.07 Å². The van der Waals surface area contributed by atoms with Gasteiger partial charge < -0.3 is 5.11 Å². The quantitative estimate of drug-likeness (QED) is 0.611. The van der Waals surface area contributed by atoms with Gasteiger partial charge in [0.15, 0.2) is 0 Å². The number of aliphatic hydroxyl groups excluding tert-OH is 1.